The van der Waals surface area contributed by atoms with Gasteiger partial charge in [-0.1, -0.05) is 41.5 Å². The van der Waals surface area contributed by atoms with Crippen molar-refractivity contribution in [3.05, 3.63) is 0 Å². The minimum Gasteiger partial charge on any atom is -0.464 e. The van der Waals surface area contributed by atoms with E-state index in [0.717, 1.165) is 0 Å². The monoisotopic (exact) mass is 316 g/mol. The number of esters is 3. The smallest absolute Gasteiger partial charge is 0.332 e. The zero-order valence-corrected chi connectivity index (χ0v) is 14.4. The third kappa shape index (κ3) is 8.64. The van der Waals surface area contributed by atoms with E-state index in [0.29, 0.717) is 0 Å². The van der Waals surface area contributed by atoms with Crippen molar-refractivity contribution in [2.24, 2.45) is 23.7 Å². The molecule has 0 radical (unpaired) electrons. The van der Waals surface area contributed by atoms with Gasteiger partial charge in [-0.2, -0.15) is 0 Å². The molecule has 0 aliphatic carbocycles. The quantitative estimate of drug-likeness (QED) is 0.368. The molecule has 0 spiro atoms. The fraction of sp³-hybridized carbons (Fsp3) is 0.812. The number of ether oxygens (including phenoxy) is 3. The van der Waals surface area contributed by atoms with Gasteiger partial charge < -0.3 is 14.2 Å². The third-order valence-electron chi connectivity index (χ3n) is 2.38. The van der Waals surface area contributed by atoms with Crippen LogP contribution in [-0.4, -0.2) is 37.7 Å². The van der Waals surface area contributed by atoms with Crippen LogP contribution in [0.25, 0.3) is 0 Å². The van der Waals surface area contributed by atoms with Gasteiger partial charge in [0.15, 0.2) is 0 Å². The van der Waals surface area contributed by atoms with Crippen molar-refractivity contribution in [2.45, 2.75) is 41.5 Å². The lowest BCUT2D eigenvalue weighted by molar-refractivity contribution is -0.173. The maximum absolute atomic E-state index is 12.0. The van der Waals surface area contributed by atoms with Gasteiger partial charge in [-0.3, -0.25) is 14.4 Å². The Hall–Kier alpha value is -1.59. The predicted octanol–water partition coefficient (Wildman–Crippen LogP) is 2.20. The standard InChI is InChI=1S/C16H28O6/c1-10(2)7-20-14(17)13(15(18)21-8-11(3)4)16(19)22-9-12(5)6/h10-13H,7-9H2,1-6H3. The van der Waals surface area contributed by atoms with Crippen molar-refractivity contribution in [2.75, 3.05) is 19.8 Å². The molecule has 0 N–H and O–H groups in total. The SMILES string of the molecule is CC(C)COC(=O)C(C(=O)OCC(C)C)C(=O)OCC(C)C. The molecule has 0 rings (SSSR count). The molecule has 0 aliphatic heterocycles. The van der Waals surface area contributed by atoms with Crippen molar-refractivity contribution in [1.29, 1.82) is 0 Å². The third-order valence-corrected chi connectivity index (χ3v) is 2.38. The summed E-state index contributed by atoms with van der Waals surface area (Å²) in [6.07, 6.45) is 0. The molecular weight excluding hydrogens is 288 g/mol. The van der Waals surface area contributed by atoms with Gasteiger partial charge in [-0.05, 0) is 17.8 Å². The van der Waals surface area contributed by atoms with Crippen LogP contribution in [-0.2, 0) is 28.6 Å². The molecule has 6 heteroatoms. The van der Waals surface area contributed by atoms with Gasteiger partial charge in [0.05, 0.1) is 19.8 Å². The van der Waals surface area contributed by atoms with E-state index in [-0.39, 0.29) is 37.6 Å². The van der Waals surface area contributed by atoms with Crippen molar-refractivity contribution < 1.29 is 28.6 Å². The lowest BCUT2D eigenvalue weighted by atomic mass is 10.1. The van der Waals surface area contributed by atoms with Crippen LogP contribution < -0.4 is 0 Å². The van der Waals surface area contributed by atoms with Crippen LogP contribution in [0.3, 0.4) is 0 Å². The summed E-state index contributed by atoms with van der Waals surface area (Å²) in [7, 11) is 0. The Morgan fingerprint density at radius 1 is 0.591 bits per heavy atom. The highest BCUT2D eigenvalue weighted by Crippen LogP contribution is 2.10. The second-order valence-corrected chi connectivity index (χ2v) is 6.50. The van der Waals surface area contributed by atoms with Gasteiger partial charge in [-0.25, -0.2) is 0 Å². The Labute approximate surface area is 132 Å². The minimum atomic E-state index is -1.67. The number of rotatable bonds is 9. The molecule has 0 aromatic rings. The van der Waals surface area contributed by atoms with E-state index in [2.05, 4.69) is 0 Å². The largest absolute Gasteiger partial charge is 0.464 e. The Bertz CT molecular complexity index is 316. The summed E-state index contributed by atoms with van der Waals surface area (Å²) in [5, 5.41) is 0. The first kappa shape index (κ1) is 20.4. The van der Waals surface area contributed by atoms with E-state index < -0.39 is 23.8 Å². The van der Waals surface area contributed by atoms with Crippen molar-refractivity contribution in [3.8, 4) is 0 Å². The fourth-order valence-electron chi connectivity index (χ4n) is 1.29. The van der Waals surface area contributed by atoms with Crippen molar-refractivity contribution in [1.82, 2.24) is 0 Å². The lowest BCUT2D eigenvalue weighted by Gasteiger charge is -2.17. The number of carbonyl (C=O) groups excluding carboxylic acids is 3. The Morgan fingerprint density at radius 2 is 0.818 bits per heavy atom. The van der Waals surface area contributed by atoms with Crippen molar-refractivity contribution in [3.63, 3.8) is 0 Å². The zero-order valence-electron chi connectivity index (χ0n) is 14.4. The first-order valence-electron chi connectivity index (χ1n) is 7.65. The molecule has 0 atom stereocenters. The first-order valence-corrected chi connectivity index (χ1v) is 7.65. The molecule has 0 fully saturated rings. The second kappa shape index (κ2) is 10.2. The summed E-state index contributed by atoms with van der Waals surface area (Å²) in [6.45, 7) is 11.5. The van der Waals surface area contributed by atoms with E-state index in [4.69, 9.17) is 14.2 Å². The first-order chi connectivity index (χ1) is 10.1. The molecule has 0 unspecified atom stereocenters. The van der Waals surface area contributed by atoms with Gasteiger partial charge in [0.1, 0.15) is 0 Å². The molecular formula is C16H28O6. The van der Waals surface area contributed by atoms with E-state index in [1.807, 2.05) is 41.5 Å². The number of hydrogen-bond donors (Lipinski definition) is 0. The molecule has 6 nitrogen and oxygen atoms in total. The van der Waals surface area contributed by atoms with Crippen molar-refractivity contribution >= 4 is 17.9 Å². The van der Waals surface area contributed by atoms with Crippen LogP contribution in [0.5, 0.6) is 0 Å². The lowest BCUT2D eigenvalue weighted by Crippen LogP contribution is -2.37. The van der Waals surface area contributed by atoms with Gasteiger partial charge in [0.2, 0.25) is 0 Å². The highest BCUT2D eigenvalue weighted by molar-refractivity contribution is 6.12. The summed E-state index contributed by atoms with van der Waals surface area (Å²) in [4.78, 5) is 36.0. The average molecular weight is 316 g/mol. The molecule has 0 bridgehead atoms. The fourth-order valence-corrected chi connectivity index (χ4v) is 1.29. The average Bonchev–Trinajstić information content (AvgIpc) is 2.40. The summed E-state index contributed by atoms with van der Waals surface area (Å²) in [5.41, 5.74) is 0. The topological polar surface area (TPSA) is 78.9 Å². The second-order valence-electron chi connectivity index (χ2n) is 6.50. The molecule has 128 valence electrons. The zero-order chi connectivity index (χ0) is 17.3. The highest BCUT2D eigenvalue weighted by atomic mass is 16.6. The van der Waals surface area contributed by atoms with E-state index in [1.165, 1.54) is 0 Å². The van der Waals surface area contributed by atoms with Gasteiger partial charge in [0, 0.05) is 0 Å². The van der Waals surface area contributed by atoms with Crippen LogP contribution in [0.2, 0.25) is 0 Å². The van der Waals surface area contributed by atoms with Crippen LogP contribution in [0, 0.1) is 23.7 Å². The number of carbonyl (C=O) groups is 3. The van der Waals surface area contributed by atoms with E-state index in [9.17, 15) is 14.4 Å². The predicted molar refractivity (Wildman–Crippen MR) is 80.9 cm³/mol. The molecule has 0 aliphatic rings. The minimum absolute atomic E-state index is 0.1000. The maximum atomic E-state index is 12.0. The van der Waals surface area contributed by atoms with E-state index in [1.54, 1.807) is 0 Å². The summed E-state index contributed by atoms with van der Waals surface area (Å²) in [5.74, 6) is -4.13. The molecule has 0 heterocycles. The molecule has 0 saturated heterocycles. The van der Waals surface area contributed by atoms with Crippen LogP contribution in [0.1, 0.15) is 41.5 Å². The van der Waals surface area contributed by atoms with Crippen LogP contribution >= 0.6 is 0 Å². The van der Waals surface area contributed by atoms with Gasteiger partial charge in [-0.15, -0.1) is 0 Å². The Kier molecular flexibility index (Phi) is 9.45. The summed E-state index contributed by atoms with van der Waals surface area (Å²) < 4.78 is 14.9. The van der Waals surface area contributed by atoms with Crippen LogP contribution in [0.15, 0.2) is 0 Å². The summed E-state index contributed by atoms with van der Waals surface area (Å²) in [6, 6.07) is 0. The molecule has 0 saturated carbocycles. The summed E-state index contributed by atoms with van der Waals surface area (Å²) >= 11 is 0. The molecule has 0 aromatic carbocycles. The normalized spacial score (nSPS) is 11.2. The molecule has 0 amide bonds. The highest BCUT2D eigenvalue weighted by Gasteiger charge is 2.39. The van der Waals surface area contributed by atoms with Gasteiger partial charge >= 0.3 is 17.9 Å². The molecule has 0 aromatic heterocycles. The Balaban J connectivity index is 4.84. The van der Waals surface area contributed by atoms with Gasteiger partial charge in [0.25, 0.3) is 5.92 Å². The van der Waals surface area contributed by atoms with E-state index >= 15 is 0 Å². The maximum Gasteiger partial charge on any atom is 0.332 e. The molecule has 22 heavy (non-hydrogen) atoms. The Morgan fingerprint density at radius 3 is 1.00 bits per heavy atom. The van der Waals surface area contributed by atoms with Crippen LogP contribution in [0.4, 0.5) is 0 Å². The number of hydrogen-bond acceptors (Lipinski definition) is 6.